The third-order valence-corrected chi connectivity index (χ3v) is 9.63. The van der Waals surface area contributed by atoms with E-state index in [1.807, 2.05) is 71.6 Å². The molecule has 0 bridgehead atoms. The van der Waals surface area contributed by atoms with E-state index >= 15 is 0 Å². The largest absolute Gasteiger partial charge is 0.433 e. The molecule has 248 valence electrons. The number of fused-ring (bicyclic) bond motifs is 2. The molecule has 9 rings (SSSR count). The molecule has 0 amide bonds. The third kappa shape index (κ3) is 5.01. The molecule has 0 atom stereocenters. The standard InChI is InChI=1S/C43H24F6N2/c44-42(45,46)30-18-16-27(17-19-30)40-33-8-1-3-10-35(33)41(36-11-4-2-9-34(36)40)51(31-20-21-37(50-24-31)43(47,48)49)32-22-28-14-12-25-6-5-7-26-13-15-29(23-32)39(28)38(25)26/h1-24H. The molecule has 0 aliphatic rings. The second-order valence-corrected chi connectivity index (χ2v) is 12.6. The Morgan fingerprint density at radius 2 is 0.980 bits per heavy atom. The van der Waals surface area contributed by atoms with E-state index in [-0.39, 0.29) is 0 Å². The molecule has 0 saturated carbocycles. The van der Waals surface area contributed by atoms with Crippen molar-refractivity contribution in [3.63, 3.8) is 0 Å². The lowest BCUT2D eigenvalue weighted by Gasteiger charge is -2.30. The van der Waals surface area contributed by atoms with E-state index in [1.54, 1.807) is 0 Å². The Hall–Kier alpha value is -6.15. The van der Waals surface area contributed by atoms with Crippen LogP contribution in [0.1, 0.15) is 11.3 Å². The first kappa shape index (κ1) is 30.9. The third-order valence-electron chi connectivity index (χ3n) is 9.63. The average molecular weight is 683 g/mol. The van der Waals surface area contributed by atoms with Crippen LogP contribution in [0, 0.1) is 0 Å². The first-order valence-corrected chi connectivity index (χ1v) is 16.2. The van der Waals surface area contributed by atoms with Crippen molar-refractivity contribution in [1.82, 2.24) is 4.98 Å². The van der Waals surface area contributed by atoms with Crippen molar-refractivity contribution in [3.05, 3.63) is 157 Å². The van der Waals surface area contributed by atoms with Crippen molar-refractivity contribution in [2.45, 2.75) is 12.4 Å². The quantitative estimate of drug-likeness (QED) is 0.104. The van der Waals surface area contributed by atoms with Gasteiger partial charge < -0.3 is 4.90 Å². The van der Waals surface area contributed by atoms with Crippen LogP contribution in [0.15, 0.2) is 146 Å². The van der Waals surface area contributed by atoms with Crippen molar-refractivity contribution in [3.8, 4) is 11.1 Å². The Morgan fingerprint density at radius 1 is 0.451 bits per heavy atom. The van der Waals surface area contributed by atoms with Crippen LogP contribution < -0.4 is 4.90 Å². The molecule has 9 aromatic rings. The molecule has 8 heteroatoms. The van der Waals surface area contributed by atoms with E-state index in [2.05, 4.69) is 41.4 Å². The zero-order valence-electron chi connectivity index (χ0n) is 26.5. The Balaban J connectivity index is 1.36. The van der Waals surface area contributed by atoms with Gasteiger partial charge in [-0.25, -0.2) is 4.98 Å². The van der Waals surface area contributed by atoms with Crippen LogP contribution in [0.25, 0.3) is 65.0 Å². The highest BCUT2D eigenvalue weighted by atomic mass is 19.4. The molecule has 1 aromatic heterocycles. The number of nitrogens with zero attached hydrogens (tertiary/aromatic N) is 2. The second kappa shape index (κ2) is 11.2. The Labute approximate surface area is 287 Å². The first-order chi connectivity index (χ1) is 24.6. The van der Waals surface area contributed by atoms with Gasteiger partial charge in [-0.3, -0.25) is 0 Å². The second-order valence-electron chi connectivity index (χ2n) is 12.6. The number of aromatic nitrogens is 1. The van der Waals surface area contributed by atoms with Crippen LogP contribution in [0.3, 0.4) is 0 Å². The molecule has 2 nitrogen and oxygen atoms in total. The molecule has 0 radical (unpaired) electrons. The maximum atomic E-state index is 13.7. The summed E-state index contributed by atoms with van der Waals surface area (Å²) in [4.78, 5) is 5.79. The van der Waals surface area contributed by atoms with Crippen LogP contribution in [0.5, 0.6) is 0 Å². The number of alkyl halides is 6. The molecule has 0 saturated heterocycles. The van der Waals surface area contributed by atoms with Gasteiger partial charge in [-0.15, -0.1) is 0 Å². The topological polar surface area (TPSA) is 16.1 Å². The van der Waals surface area contributed by atoms with Crippen molar-refractivity contribution in [2.75, 3.05) is 4.90 Å². The van der Waals surface area contributed by atoms with E-state index in [9.17, 15) is 26.3 Å². The molecule has 0 fully saturated rings. The molecule has 0 aliphatic heterocycles. The number of rotatable bonds is 4. The van der Waals surface area contributed by atoms with E-state index in [4.69, 9.17) is 0 Å². The number of benzene rings is 8. The summed E-state index contributed by atoms with van der Waals surface area (Å²) < 4.78 is 81.8. The minimum Gasteiger partial charge on any atom is -0.308 e. The smallest absolute Gasteiger partial charge is 0.308 e. The fraction of sp³-hybridized carbons (Fsp3) is 0.0465. The van der Waals surface area contributed by atoms with Crippen molar-refractivity contribution in [1.29, 1.82) is 0 Å². The Bertz CT molecular complexity index is 2650. The molecule has 8 aromatic carbocycles. The van der Waals surface area contributed by atoms with Gasteiger partial charge in [-0.1, -0.05) is 103 Å². The van der Waals surface area contributed by atoms with Gasteiger partial charge in [-0.2, -0.15) is 26.3 Å². The molecule has 0 aliphatic carbocycles. The monoisotopic (exact) mass is 682 g/mol. The minimum atomic E-state index is -4.62. The first-order valence-electron chi connectivity index (χ1n) is 16.2. The van der Waals surface area contributed by atoms with Gasteiger partial charge in [0.1, 0.15) is 5.69 Å². The summed E-state index contributed by atoms with van der Waals surface area (Å²) >= 11 is 0. The van der Waals surface area contributed by atoms with Crippen LogP contribution >= 0.6 is 0 Å². The number of anilines is 3. The lowest BCUT2D eigenvalue weighted by Crippen LogP contribution is -2.14. The van der Waals surface area contributed by atoms with Gasteiger partial charge in [0.05, 0.1) is 23.1 Å². The summed E-state index contributed by atoms with van der Waals surface area (Å²) in [5.41, 5.74) is 1.42. The molecular weight excluding hydrogens is 658 g/mol. The number of hydrogen-bond acceptors (Lipinski definition) is 2. The maximum absolute atomic E-state index is 13.7. The number of pyridine rings is 1. The molecule has 0 unspecified atom stereocenters. The minimum absolute atomic E-state index is 0.411. The van der Waals surface area contributed by atoms with Crippen LogP contribution in [0.4, 0.5) is 43.4 Å². The molecule has 1 heterocycles. The van der Waals surface area contributed by atoms with E-state index in [0.717, 1.165) is 77.6 Å². The highest BCUT2D eigenvalue weighted by molar-refractivity contribution is 6.25. The van der Waals surface area contributed by atoms with Gasteiger partial charge in [-0.05, 0) is 90.6 Å². The number of halogens is 6. The Kier molecular flexibility index (Phi) is 6.77. The van der Waals surface area contributed by atoms with E-state index in [1.165, 1.54) is 24.4 Å². The predicted octanol–water partition coefficient (Wildman–Crippen LogP) is 13.5. The van der Waals surface area contributed by atoms with Gasteiger partial charge in [0, 0.05) is 16.5 Å². The Morgan fingerprint density at radius 3 is 1.49 bits per heavy atom. The highest BCUT2D eigenvalue weighted by Crippen LogP contribution is 2.49. The average Bonchev–Trinajstić information content (AvgIpc) is 3.13. The normalized spacial score (nSPS) is 12.5. The van der Waals surface area contributed by atoms with Gasteiger partial charge >= 0.3 is 12.4 Å². The zero-order chi connectivity index (χ0) is 35.1. The lowest BCUT2D eigenvalue weighted by atomic mass is 9.89. The fourth-order valence-electron chi connectivity index (χ4n) is 7.44. The lowest BCUT2D eigenvalue weighted by molar-refractivity contribution is -0.141. The summed E-state index contributed by atoms with van der Waals surface area (Å²) in [6, 6.07) is 41.2. The molecule has 51 heavy (non-hydrogen) atoms. The zero-order valence-corrected chi connectivity index (χ0v) is 26.5. The van der Waals surface area contributed by atoms with Gasteiger partial charge in [0.25, 0.3) is 0 Å². The number of hydrogen-bond donors (Lipinski definition) is 0. The SMILES string of the molecule is FC(F)(F)c1ccc(-c2c3ccccc3c(N(c3ccc(C(F)(F)F)nc3)c3cc4ccc5cccc6ccc(c3)c4c56)c3ccccc23)cc1. The van der Waals surface area contributed by atoms with Gasteiger partial charge in [0.2, 0.25) is 0 Å². The summed E-state index contributed by atoms with van der Waals surface area (Å²) in [6.45, 7) is 0. The molecule has 0 N–H and O–H groups in total. The van der Waals surface area contributed by atoms with Crippen LogP contribution in [0.2, 0.25) is 0 Å². The van der Waals surface area contributed by atoms with Crippen molar-refractivity contribution in [2.24, 2.45) is 0 Å². The summed E-state index contributed by atoms with van der Waals surface area (Å²) in [5, 5.41) is 9.44. The maximum Gasteiger partial charge on any atom is 0.433 e. The molecular formula is C43H24F6N2. The van der Waals surface area contributed by atoms with Crippen LogP contribution in [-0.4, -0.2) is 4.98 Å². The van der Waals surface area contributed by atoms with E-state index < -0.39 is 23.6 Å². The predicted molar refractivity (Wildman–Crippen MR) is 193 cm³/mol. The summed E-state index contributed by atoms with van der Waals surface area (Å²) in [5.74, 6) is 0. The molecule has 0 spiro atoms. The highest BCUT2D eigenvalue weighted by Gasteiger charge is 2.33. The summed E-state index contributed by atoms with van der Waals surface area (Å²) in [7, 11) is 0. The van der Waals surface area contributed by atoms with Crippen LogP contribution in [-0.2, 0) is 12.4 Å². The van der Waals surface area contributed by atoms with Gasteiger partial charge in [0.15, 0.2) is 0 Å². The van der Waals surface area contributed by atoms with Crippen molar-refractivity contribution >= 4 is 70.9 Å². The summed E-state index contributed by atoms with van der Waals surface area (Å²) in [6.07, 6.45) is -7.87. The van der Waals surface area contributed by atoms with E-state index in [0.29, 0.717) is 22.6 Å². The van der Waals surface area contributed by atoms with Crippen molar-refractivity contribution < 1.29 is 26.3 Å². The fourth-order valence-corrected chi connectivity index (χ4v) is 7.44.